The monoisotopic (exact) mass is 416 g/mol. The Morgan fingerprint density at radius 1 is 0.625 bits per heavy atom. The molecule has 1 rings (SSSR count). The van der Waals surface area contributed by atoms with Gasteiger partial charge < -0.3 is 10.2 Å². The Labute approximate surface area is 163 Å². The van der Waals surface area contributed by atoms with Crippen LogP contribution in [0.25, 0.3) is 0 Å². The number of hydrogen-bond donors (Lipinski definition) is 2. The van der Waals surface area contributed by atoms with E-state index in [9.17, 15) is 10.2 Å². The van der Waals surface area contributed by atoms with Gasteiger partial charge in [-0.25, -0.2) is 0 Å². The van der Waals surface area contributed by atoms with Crippen LogP contribution in [0.2, 0.25) is 0 Å². The summed E-state index contributed by atoms with van der Waals surface area (Å²) in [5, 5.41) is 20.6. The van der Waals surface area contributed by atoms with Gasteiger partial charge in [0, 0.05) is 73.9 Å². The molecule has 0 atom stereocenters. The van der Waals surface area contributed by atoms with Gasteiger partial charge in [-0.2, -0.15) is 0 Å². The standard InChI is InChI=1S/C16H24Cl4N2O2/c17-1-5-21(6-2-18)11-13-9-16(24)14(10-15(13)23)12-22(7-3-19)8-4-20/h9-10,23-24H,1-8,11-12H2. The third-order valence-corrected chi connectivity index (χ3v) is 4.35. The molecule has 0 fully saturated rings. The normalized spacial score (nSPS) is 11.6. The first-order valence-electron chi connectivity index (χ1n) is 7.78. The highest BCUT2D eigenvalue weighted by molar-refractivity contribution is 6.18. The lowest BCUT2D eigenvalue weighted by atomic mass is 10.1. The number of phenolic OH excluding ortho intramolecular Hbond substituents is 2. The molecule has 0 radical (unpaired) electrons. The number of alkyl halides is 4. The molecular weight excluding hydrogens is 394 g/mol. The van der Waals surface area contributed by atoms with E-state index < -0.39 is 0 Å². The van der Waals surface area contributed by atoms with Crippen LogP contribution >= 0.6 is 46.4 Å². The molecule has 0 saturated carbocycles. The molecule has 0 amide bonds. The van der Waals surface area contributed by atoms with Gasteiger partial charge in [-0.15, -0.1) is 46.4 Å². The van der Waals surface area contributed by atoms with Crippen molar-refractivity contribution < 1.29 is 10.2 Å². The smallest absolute Gasteiger partial charge is 0.120 e. The highest BCUT2D eigenvalue weighted by Gasteiger charge is 2.14. The Bertz CT molecular complexity index is 436. The van der Waals surface area contributed by atoms with E-state index in [1.165, 1.54) is 0 Å². The number of rotatable bonds is 12. The first-order valence-corrected chi connectivity index (χ1v) is 9.91. The van der Waals surface area contributed by atoms with E-state index in [4.69, 9.17) is 46.4 Å². The van der Waals surface area contributed by atoms with Crippen LogP contribution in [0.4, 0.5) is 0 Å². The Balaban J connectivity index is 2.87. The van der Waals surface area contributed by atoms with Crippen molar-refractivity contribution in [1.29, 1.82) is 0 Å². The number of phenols is 2. The van der Waals surface area contributed by atoms with Crippen molar-refractivity contribution >= 4 is 46.4 Å². The number of hydrogen-bond acceptors (Lipinski definition) is 4. The summed E-state index contributed by atoms with van der Waals surface area (Å²) in [6.07, 6.45) is 0. The third kappa shape index (κ3) is 7.42. The number of halogens is 4. The van der Waals surface area contributed by atoms with Gasteiger partial charge in [0.2, 0.25) is 0 Å². The summed E-state index contributed by atoms with van der Waals surface area (Å²) < 4.78 is 0. The predicted molar refractivity (Wildman–Crippen MR) is 103 cm³/mol. The summed E-state index contributed by atoms with van der Waals surface area (Å²) in [7, 11) is 0. The van der Waals surface area contributed by atoms with Crippen molar-refractivity contribution in [1.82, 2.24) is 9.80 Å². The molecule has 0 bridgehead atoms. The third-order valence-electron chi connectivity index (χ3n) is 3.67. The molecule has 0 saturated heterocycles. The topological polar surface area (TPSA) is 46.9 Å². The highest BCUT2D eigenvalue weighted by Crippen LogP contribution is 2.29. The van der Waals surface area contributed by atoms with Crippen LogP contribution in [0.15, 0.2) is 12.1 Å². The predicted octanol–water partition coefficient (Wildman–Crippen LogP) is 3.66. The van der Waals surface area contributed by atoms with Gasteiger partial charge in [0.1, 0.15) is 11.5 Å². The van der Waals surface area contributed by atoms with Crippen LogP contribution in [0.5, 0.6) is 11.5 Å². The zero-order valence-corrected chi connectivity index (χ0v) is 16.6. The molecule has 2 N–H and O–H groups in total. The van der Waals surface area contributed by atoms with Crippen LogP contribution in [0.3, 0.4) is 0 Å². The quantitative estimate of drug-likeness (QED) is 0.402. The van der Waals surface area contributed by atoms with Gasteiger partial charge >= 0.3 is 0 Å². The average Bonchev–Trinajstić information content (AvgIpc) is 2.53. The lowest BCUT2D eigenvalue weighted by molar-refractivity contribution is 0.287. The van der Waals surface area contributed by atoms with Gasteiger partial charge in [-0.1, -0.05) is 0 Å². The summed E-state index contributed by atoms with van der Waals surface area (Å²) in [6, 6.07) is 3.19. The van der Waals surface area contributed by atoms with Gasteiger partial charge in [0.15, 0.2) is 0 Å². The molecule has 0 unspecified atom stereocenters. The Morgan fingerprint density at radius 2 is 0.917 bits per heavy atom. The van der Waals surface area contributed by atoms with Crippen molar-refractivity contribution in [2.45, 2.75) is 13.1 Å². The second kappa shape index (κ2) is 12.3. The number of nitrogens with zero attached hydrogens (tertiary/aromatic N) is 2. The zero-order valence-electron chi connectivity index (χ0n) is 13.5. The summed E-state index contributed by atoms with van der Waals surface area (Å²) in [5.74, 6) is 2.21. The molecule has 1 aromatic rings. The van der Waals surface area contributed by atoms with Crippen molar-refractivity contribution in [2.24, 2.45) is 0 Å². The fraction of sp³-hybridized carbons (Fsp3) is 0.625. The van der Waals surface area contributed by atoms with Crippen molar-refractivity contribution in [3.63, 3.8) is 0 Å². The van der Waals surface area contributed by atoms with Crippen LogP contribution < -0.4 is 0 Å². The largest absolute Gasteiger partial charge is 0.508 e. The molecule has 24 heavy (non-hydrogen) atoms. The van der Waals surface area contributed by atoms with Gasteiger partial charge in [0.25, 0.3) is 0 Å². The maximum atomic E-state index is 10.3. The van der Waals surface area contributed by atoms with E-state index in [-0.39, 0.29) is 11.5 Å². The van der Waals surface area contributed by atoms with E-state index >= 15 is 0 Å². The fourth-order valence-corrected chi connectivity index (χ4v) is 3.37. The molecule has 0 heterocycles. The summed E-state index contributed by atoms with van der Waals surface area (Å²) in [6.45, 7) is 3.61. The lowest BCUT2D eigenvalue weighted by Gasteiger charge is -2.23. The van der Waals surface area contributed by atoms with E-state index in [1.807, 2.05) is 9.80 Å². The molecule has 0 aliphatic rings. The SMILES string of the molecule is Oc1cc(CN(CCCl)CCCl)c(O)cc1CN(CCCl)CCCl. The van der Waals surface area contributed by atoms with E-state index in [0.29, 0.717) is 73.9 Å². The first kappa shape index (κ1) is 21.9. The molecule has 0 aliphatic heterocycles. The number of aromatic hydroxyl groups is 2. The van der Waals surface area contributed by atoms with E-state index in [0.717, 1.165) is 0 Å². The second-order valence-electron chi connectivity index (χ2n) is 5.42. The first-order chi connectivity index (χ1) is 11.5. The molecule has 4 nitrogen and oxygen atoms in total. The van der Waals surface area contributed by atoms with Crippen LogP contribution in [-0.4, -0.2) is 69.7 Å². The minimum Gasteiger partial charge on any atom is -0.508 e. The summed E-state index contributed by atoms with van der Waals surface area (Å²) in [4.78, 5) is 4.06. The molecule has 1 aromatic carbocycles. The Morgan fingerprint density at radius 3 is 1.17 bits per heavy atom. The Kier molecular flexibility index (Phi) is 11.2. The van der Waals surface area contributed by atoms with Gasteiger partial charge in [0.05, 0.1) is 0 Å². The maximum Gasteiger partial charge on any atom is 0.120 e. The molecule has 0 aliphatic carbocycles. The van der Waals surface area contributed by atoms with Crippen LogP contribution in [0, 0.1) is 0 Å². The molecule has 8 heteroatoms. The van der Waals surface area contributed by atoms with Gasteiger partial charge in [-0.05, 0) is 12.1 Å². The van der Waals surface area contributed by atoms with Crippen molar-refractivity contribution in [3.05, 3.63) is 23.3 Å². The summed E-state index contributed by atoms with van der Waals surface area (Å²) in [5.41, 5.74) is 1.29. The van der Waals surface area contributed by atoms with Crippen LogP contribution in [0.1, 0.15) is 11.1 Å². The minimum atomic E-state index is 0.147. The summed E-state index contributed by atoms with van der Waals surface area (Å²) >= 11 is 23.1. The van der Waals surface area contributed by atoms with Gasteiger partial charge in [-0.3, -0.25) is 9.80 Å². The second-order valence-corrected chi connectivity index (χ2v) is 6.93. The average molecular weight is 418 g/mol. The maximum absolute atomic E-state index is 10.3. The molecular formula is C16H24Cl4N2O2. The van der Waals surface area contributed by atoms with Crippen LogP contribution in [-0.2, 0) is 13.1 Å². The molecule has 138 valence electrons. The van der Waals surface area contributed by atoms with Crippen molar-refractivity contribution in [2.75, 3.05) is 49.7 Å². The van der Waals surface area contributed by atoms with E-state index in [2.05, 4.69) is 0 Å². The highest BCUT2D eigenvalue weighted by atomic mass is 35.5. The zero-order chi connectivity index (χ0) is 17.9. The molecule has 0 aromatic heterocycles. The van der Waals surface area contributed by atoms with Crippen molar-refractivity contribution in [3.8, 4) is 11.5 Å². The minimum absolute atomic E-state index is 0.147. The molecule has 0 spiro atoms. The Hall–Kier alpha value is -0.100. The van der Waals surface area contributed by atoms with E-state index in [1.54, 1.807) is 12.1 Å². The fourth-order valence-electron chi connectivity index (χ4n) is 2.42. The number of benzene rings is 1. The lowest BCUT2D eigenvalue weighted by Crippen LogP contribution is -2.28.